The number of carboxylic acids is 1. The van der Waals surface area contributed by atoms with Crippen LogP contribution in [-0.2, 0) is 0 Å². The molecule has 0 saturated carbocycles. The normalized spacial score (nSPS) is 10.8. The maximum absolute atomic E-state index is 11.8. The van der Waals surface area contributed by atoms with E-state index in [1.54, 1.807) is 6.20 Å². The van der Waals surface area contributed by atoms with Crippen molar-refractivity contribution in [2.45, 2.75) is 0 Å². The third kappa shape index (κ3) is 1.74. The third-order valence-electron chi connectivity index (χ3n) is 3.15. The van der Waals surface area contributed by atoms with Gasteiger partial charge in [0.2, 0.25) is 0 Å². The van der Waals surface area contributed by atoms with Crippen molar-refractivity contribution in [3.63, 3.8) is 0 Å². The maximum Gasteiger partial charge on any atom is 0.341 e. The number of aromatic amines is 2. The molecule has 0 fully saturated rings. The van der Waals surface area contributed by atoms with E-state index in [0.717, 1.165) is 10.9 Å². The molecule has 0 radical (unpaired) electrons. The Kier molecular flexibility index (Phi) is 2.57. The number of H-pyrrole nitrogens is 2. The van der Waals surface area contributed by atoms with Gasteiger partial charge in [0.15, 0.2) is 0 Å². The Hall–Kier alpha value is -3.02. The number of rotatable bonds is 2. The van der Waals surface area contributed by atoms with Crippen molar-refractivity contribution in [2.24, 2.45) is 0 Å². The highest BCUT2D eigenvalue weighted by molar-refractivity contribution is 6.03. The van der Waals surface area contributed by atoms with Crippen molar-refractivity contribution in [1.29, 1.82) is 0 Å². The zero-order chi connectivity index (χ0) is 14.3. The van der Waals surface area contributed by atoms with Crippen molar-refractivity contribution in [3.8, 4) is 11.1 Å². The van der Waals surface area contributed by atoms with E-state index in [-0.39, 0.29) is 11.4 Å². The minimum absolute atomic E-state index is 0.125. The third-order valence-corrected chi connectivity index (χ3v) is 3.15. The van der Waals surface area contributed by atoms with Crippen LogP contribution in [0, 0.1) is 0 Å². The van der Waals surface area contributed by atoms with Crippen LogP contribution in [0.2, 0.25) is 0 Å². The summed E-state index contributed by atoms with van der Waals surface area (Å²) in [5, 5.41) is 10.1. The molecule has 2 heterocycles. The predicted octanol–water partition coefficient (Wildman–Crippen LogP) is 1.80. The fourth-order valence-electron chi connectivity index (χ4n) is 2.30. The molecule has 0 aliphatic heterocycles. The Morgan fingerprint density at radius 2 is 1.95 bits per heavy atom. The number of aromatic nitrogens is 2. The molecule has 0 amide bonds. The second-order valence-electron chi connectivity index (χ2n) is 4.40. The van der Waals surface area contributed by atoms with Gasteiger partial charge in [0.1, 0.15) is 11.4 Å². The molecule has 3 aromatic rings. The Morgan fingerprint density at radius 1 is 1.20 bits per heavy atom. The molecule has 0 saturated heterocycles. The lowest BCUT2D eigenvalue weighted by Gasteiger charge is -2.05. The monoisotopic (exact) mass is 269 g/mol. The van der Waals surface area contributed by atoms with Gasteiger partial charge in [-0.2, -0.15) is 0 Å². The minimum atomic E-state index is -1.29. The summed E-state index contributed by atoms with van der Waals surface area (Å²) in [7, 11) is 0. The minimum Gasteiger partial charge on any atom is -0.477 e. The van der Waals surface area contributed by atoms with Crippen molar-refractivity contribution < 1.29 is 9.90 Å². The number of aromatic carboxylic acids is 1. The van der Waals surface area contributed by atoms with Crippen molar-refractivity contribution in [3.05, 3.63) is 52.4 Å². The molecule has 0 aliphatic carbocycles. The Bertz CT molecular complexity index is 877. The number of hydrogen-bond acceptors (Lipinski definition) is 3. The first kappa shape index (κ1) is 12.0. The number of fused-ring (bicyclic) bond motifs is 1. The molecule has 6 heteroatoms. The van der Waals surface area contributed by atoms with Crippen LogP contribution in [0.5, 0.6) is 0 Å². The fraction of sp³-hybridized carbons (Fsp3) is 0. The summed E-state index contributed by atoms with van der Waals surface area (Å²) in [6.07, 6.45) is 1.67. The average molecular weight is 269 g/mol. The van der Waals surface area contributed by atoms with E-state index in [9.17, 15) is 14.7 Å². The summed E-state index contributed by atoms with van der Waals surface area (Å²) >= 11 is 0. The van der Waals surface area contributed by atoms with Crippen LogP contribution in [0.25, 0.3) is 22.0 Å². The molecule has 0 spiro atoms. The van der Waals surface area contributed by atoms with Gasteiger partial charge < -0.3 is 20.8 Å². The number of carboxylic acid groups (broad SMARTS) is 1. The zero-order valence-corrected chi connectivity index (χ0v) is 10.3. The fourth-order valence-corrected chi connectivity index (χ4v) is 2.30. The molecule has 1 aromatic carbocycles. The van der Waals surface area contributed by atoms with E-state index in [2.05, 4.69) is 9.97 Å². The van der Waals surface area contributed by atoms with Crippen molar-refractivity contribution in [2.75, 3.05) is 5.73 Å². The van der Waals surface area contributed by atoms with E-state index in [1.807, 2.05) is 24.3 Å². The van der Waals surface area contributed by atoms with Crippen molar-refractivity contribution >= 4 is 22.7 Å². The van der Waals surface area contributed by atoms with Crippen LogP contribution >= 0.6 is 0 Å². The molecule has 6 nitrogen and oxygen atoms in total. The summed E-state index contributed by atoms with van der Waals surface area (Å²) in [5.74, 6) is -1.16. The molecule has 0 bridgehead atoms. The number of pyridine rings is 1. The molecule has 3 rings (SSSR count). The van der Waals surface area contributed by atoms with Gasteiger partial charge in [0, 0.05) is 28.2 Å². The summed E-state index contributed by atoms with van der Waals surface area (Å²) < 4.78 is 0. The van der Waals surface area contributed by atoms with E-state index < -0.39 is 11.5 Å². The van der Waals surface area contributed by atoms with Gasteiger partial charge in [0.05, 0.1) is 0 Å². The second kappa shape index (κ2) is 4.27. The Balaban J connectivity index is 2.40. The molecule has 5 N–H and O–H groups in total. The van der Waals surface area contributed by atoms with E-state index in [1.165, 1.54) is 6.07 Å². The SMILES string of the molecule is Nc1cc(-c2c[nH]c3ccccc23)c(C(=O)O)c(=O)[nH]1. The predicted molar refractivity (Wildman–Crippen MR) is 75.7 cm³/mol. The summed E-state index contributed by atoms with van der Waals surface area (Å²) in [5.41, 5.74) is 6.39. The number of nitrogen functional groups attached to an aromatic ring is 1. The standard InChI is InChI=1S/C14H11N3O3/c15-11-5-8(12(14(19)20)13(18)17-11)9-6-16-10-4-2-1-3-7(9)10/h1-6,16H,(H,19,20)(H3,15,17,18). The Labute approximate surface area is 112 Å². The maximum atomic E-state index is 11.8. The van der Waals surface area contributed by atoms with Crippen molar-refractivity contribution in [1.82, 2.24) is 9.97 Å². The van der Waals surface area contributed by atoms with E-state index in [0.29, 0.717) is 11.1 Å². The van der Waals surface area contributed by atoms with Crippen LogP contribution in [0.15, 0.2) is 41.3 Å². The highest BCUT2D eigenvalue weighted by Crippen LogP contribution is 2.30. The van der Waals surface area contributed by atoms with Gasteiger partial charge in [-0.1, -0.05) is 18.2 Å². The molecular formula is C14H11N3O3. The van der Waals surface area contributed by atoms with Gasteiger partial charge in [0.25, 0.3) is 5.56 Å². The number of benzene rings is 1. The first-order valence-corrected chi connectivity index (χ1v) is 5.90. The quantitative estimate of drug-likeness (QED) is 0.568. The summed E-state index contributed by atoms with van der Waals surface area (Å²) in [6, 6.07) is 8.89. The number of anilines is 1. The van der Waals surface area contributed by atoms with Gasteiger partial charge >= 0.3 is 5.97 Å². The molecular weight excluding hydrogens is 258 g/mol. The van der Waals surface area contributed by atoms with Crippen LogP contribution in [0.1, 0.15) is 10.4 Å². The second-order valence-corrected chi connectivity index (χ2v) is 4.40. The first-order valence-electron chi connectivity index (χ1n) is 5.90. The van der Waals surface area contributed by atoms with Crippen LogP contribution in [0.3, 0.4) is 0 Å². The zero-order valence-electron chi connectivity index (χ0n) is 10.3. The number of nitrogens with two attached hydrogens (primary N) is 1. The summed E-state index contributed by atoms with van der Waals surface area (Å²) in [6.45, 7) is 0. The lowest BCUT2D eigenvalue weighted by Crippen LogP contribution is -2.20. The highest BCUT2D eigenvalue weighted by Gasteiger charge is 2.19. The number of para-hydroxylation sites is 1. The van der Waals surface area contributed by atoms with Crippen LogP contribution in [0.4, 0.5) is 5.82 Å². The lowest BCUT2D eigenvalue weighted by molar-refractivity contribution is 0.0696. The first-order chi connectivity index (χ1) is 9.58. The van der Waals surface area contributed by atoms with Gasteiger partial charge in [-0.25, -0.2) is 4.79 Å². The number of carbonyl (C=O) groups is 1. The molecule has 0 atom stereocenters. The van der Waals surface area contributed by atoms with Crippen LogP contribution in [-0.4, -0.2) is 21.0 Å². The Morgan fingerprint density at radius 3 is 2.70 bits per heavy atom. The smallest absolute Gasteiger partial charge is 0.341 e. The number of nitrogens with one attached hydrogen (secondary N) is 2. The summed E-state index contributed by atoms with van der Waals surface area (Å²) in [4.78, 5) is 28.5. The lowest BCUT2D eigenvalue weighted by atomic mass is 10.0. The van der Waals surface area contributed by atoms with E-state index >= 15 is 0 Å². The largest absolute Gasteiger partial charge is 0.477 e. The van der Waals surface area contributed by atoms with Gasteiger partial charge in [-0.3, -0.25) is 4.79 Å². The highest BCUT2D eigenvalue weighted by atomic mass is 16.4. The van der Waals surface area contributed by atoms with E-state index in [4.69, 9.17) is 5.73 Å². The molecule has 2 aromatic heterocycles. The topological polar surface area (TPSA) is 112 Å². The molecule has 0 aliphatic rings. The molecule has 100 valence electrons. The number of hydrogen-bond donors (Lipinski definition) is 4. The van der Waals surface area contributed by atoms with Gasteiger partial charge in [-0.05, 0) is 12.1 Å². The average Bonchev–Trinajstić information content (AvgIpc) is 2.80. The van der Waals surface area contributed by atoms with Gasteiger partial charge in [-0.15, -0.1) is 0 Å². The molecule has 20 heavy (non-hydrogen) atoms. The molecule has 0 unspecified atom stereocenters. The van der Waals surface area contributed by atoms with Crippen LogP contribution < -0.4 is 11.3 Å².